The average molecular weight is 275 g/mol. The summed E-state index contributed by atoms with van der Waals surface area (Å²) in [5, 5.41) is 3.76. The van der Waals surface area contributed by atoms with Crippen molar-refractivity contribution in [1.82, 2.24) is 5.32 Å². The lowest BCUT2D eigenvalue weighted by Crippen LogP contribution is -2.41. The largest absolute Gasteiger partial charge is 0.378 e. The van der Waals surface area contributed by atoms with E-state index in [9.17, 15) is 0 Å². The van der Waals surface area contributed by atoms with Crippen LogP contribution >= 0.6 is 0 Å². The fourth-order valence-electron chi connectivity index (χ4n) is 3.24. The van der Waals surface area contributed by atoms with Crippen LogP contribution in [0.25, 0.3) is 0 Å². The second-order valence-corrected chi connectivity index (χ2v) is 6.22. The number of ether oxygens (including phenoxy) is 1. The molecule has 3 unspecified atom stereocenters. The number of hydrogen-bond acceptors (Lipinski definition) is 2. The molecule has 0 amide bonds. The van der Waals surface area contributed by atoms with Crippen LogP contribution in [0, 0.1) is 19.8 Å². The summed E-state index contributed by atoms with van der Waals surface area (Å²) in [6.45, 7) is 10.9. The zero-order valence-electron chi connectivity index (χ0n) is 13.4. The smallest absolute Gasteiger partial charge is 0.0590 e. The number of nitrogens with one attached hydrogen (secondary N) is 1. The van der Waals surface area contributed by atoms with E-state index in [1.54, 1.807) is 0 Å². The van der Waals surface area contributed by atoms with Crippen LogP contribution in [0.5, 0.6) is 0 Å². The highest BCUT2D eigenvalue weighted by Gasteiger charge is 2.31. The highest BCUT2D eigenvalue weighted by atomic mass is 16.5. The lowest BCUT2D eigenvalue weighted by atomic mass is 9.87. The molecule has 0 saturated carbocycles. The summed E-state index contributed by atoms with van der Waals surface area (Å²) in [5.74, 6) is 0.640. The molecule has 2 rings (SSSR count). The molecule has 1 aromatic rings. The zero-order chi connectivity index (χ0) is 14.5. The fourth-order valence-corrected chi connectivity index (χ4v) is 3.24. The summed E-state index contributed by atoms with van der Waals surface area (Å²) >= 11 is 0. The van der Waals surface area contributed by atoms with Gasteiger partial charge in [-0.15, -0.1) is 0 Å². The van der Waals surface area contributed by atoms with E-state index in [2.05, 4.69) is 51.2 Å². The van der Waals surface area contributed by atoms with E-state index >= 15 is 0 Å². The molecule has 0 bridgehead atoms. The van der Waals surface area contributed by atoms with Gasteiger partial charge in [0, 0.05) is 18.6 Å². The van der Waals surface area contributed by atoms with Crippen LogP contribution < -0.4 is 5.32 Å². The first-order valence-electron chi connectivity index (χ1n) is 8.03. The Balaban J connectivity index is 2.12. The summed E-state index contributed by atoms with van der Waals surface area (Å²) in [5.41, 5.74) is 4.25. The Morgan fingerprint density at radius 1 is 1.35 bits per heavy atom. The van der Waals surface area contributed by atoms with Crippen molar-refractivity contribution in [2.45, 2.75) is 59.1 Å². The predicted molar refractivity (Wildman–Crippen MR) is 85.2 cm³/mol. The van der Waals surface area contributed by atoms with Gasteiger partial charge in [-0.3, -0.25) is 0 Å². The maximum Gasteiger partial charge on any atom is 0.0590 e. The highest BCUT2D eigenvalue weighted by molar-refractivity contribution is 5.31. The second-order valence-electron chi connectivity index (χ2n) is 6.22. The minimum absolute atomic E-state index is 0.384. The van der Waals surface area contributed by atoms with Gasteiger partial charge >= 0.3 is 0 Å². The molecule has 2 heteroatoms. The molecule has 1 N–H and O–H groups in total. The van der Waals surface area contributed by atoms with Crippen LogP contribution in [0.1, 0.15) is 43.4 Å². The monoisotopic (exact) mass is 275 g/mol. The average Bonchev–Trinajstić information content (AvgIpc) is 2.84. The summed E-state index contributed by atoms with van der Waals surface area (Å²) < 4.78 is 5.78. The standard InChI is InChI=1S/C18H29NO/c1-5-9-19-18(17-8-10-20-15(17)4)12-16-11-13(2)6-7-14(16)3/h6-7,11,15,17-19H,5,8-10,12H2,1-4H3. The molecule has 1 aromatic carbocycles. The van der Waals surface area contributed by atoms with Gasteiger partial charge < -0.3 is 10.1 Å². The molecular weight excluding hydrogens is 246 g/mol. The van der Waals surface area contributed by atoms with E-state index < -0.39 is 0 Å². The number of hydrogen-bond donors (Lipinski definition) is 1. The summed E-state index contributed by atoms with van der Waals surface area (Å²) in [4.78, 5) is 0. The lowest BCUT2D eigenvalue weighted by Gasteiger charge is -2.28. The second kappa shape index (κ2) is 7.24. The Labute approximate surface area is 123 Å². The molecule has 1 saturated heterocycles. The highest BCUT2D eigenvalue weighted by Crippen LogP contribution is 2.27. The van der Waals surface area contributed by atoms with Gasteiger partial charge in [-0.2, -0.15) is 0 Å². The van der Waals surface area contributed by atoms with Crippen LogP contribution in [0.4, 0.5) is 0 Å². The van der Waals surface area contributed by atoms with Crippen molar-refractivity contribution >= 4 is 0 Å². The topological polar surface area (TPSA) is 21.3 Å². The van der Waals surface area contributed by atoms with E-state index in [1.807, 2.05) is 0 Å². The quantitative estimate of drug-likeness (QED) is 0.856. The molecule has 3 atom stereocenters. The Morgan fingerprint density at radius 3 is 2.80 bits per heavy atom. The maximum absolute atomic E-state index is 5.78. The van der Waals surface area contributed by atoms with Gasteiger partial charge in [0.15, 0.2) is 0 Å². The first kappa shape index (κ1) is 15.5. The molecule has 0 aliphatic carbocycles. The predicted octanol–water partition coefficient (Wildman–Crippen LogP) is 3.64. The molecule has 1 aliphatic rings. The van der Waals surface area contributed by atoms with Crippen LogP contribution in [-0.4, -0.2) is 25.3 Å². The van der Waals surface area contributed by atoms with Gasteiger partial charge in [0.05, 0.1) is 6.10 Å². The molecule has 0 aromatic heterocycles. The third-order valence-electron chi connectivity index (χ3n) is 4.55. The summed E-state index contributed by atoms with van der Waals surface area (Å²) in [7, 11) is 0. The fraction of sp³-hybridized carbons (Fsp3) is 0.667. The van der Waals surface area contributed by atoms with Gasteiger partial charge in [0.1, 0.15) is 0 Å². The third kappa shape index (κ3) is 3.83. The number of rotatable bonds is 6. The first-order chi connectivity index (χ1) is 9.61. The van der Waals surface area contributed by atoms with Crippen molar-refractivity contribution in [2.75, 3.05) is 13.2 Å². The normalized spacial score (nSPS) is 24.0. The van der Waals surface area contributed by atoms with Gasteiger partial charge in [-0.25, -0.2) is 0 Å². The van der Waals surface area contributed by atoms with Crippen molar-refractivity contribution in [3.8, 4) is 0 Å². The van der Waals surface area contributed by atoms with Gasteiger partial charge in [0.25, 0.3) is 0 Å². The van der Waals surface area contributed by atoms with E-state index in [0.717, 1.165) is 19.6 Å². The summed E-state index contributed by atoms with van der Waals surface area (Å²) in [6.07, 6.45) is 3.87. The molecular formula is C18H29NO. The Bertz CT molecular complexity index is 429. The van der Waals surface area contributed by atoms with E-state index in [1.165, 1.54) is 29.5 Å². The minimum atomic E-state index is 0.384. The van der Waals surface area contributed by atoms with Crippen LogP contribution in [0.2, 0.25) is 0 Å². The SMILES string of the molecule is CCCNC(Cc1cc(C)ccc1C)C1CCOC1C. The van der Waals surface area contributed by atoms with E-state index in [0.29, 0.717) is 18.1 Å². The number of benzene rings is 1. The Hall–Kier alpha value is -0.860. The summed E-state index contributed by atoms with van der Waals surface area (Å²) in [6, 6.07) is 7.33. The van der Waals surface area contributed by atoms with Gasteiger partial charge in [-0.05, 0) is 57.7 Å². The Kier molecular flexibility index (Phi) is 5.62. The molecule has 1 heterocycles. The molecule has 1 fully saturated rings. The van der Waals surface area contributed by atoms with Gasteiger partial charge in [-0.1, -0.05) is 30.7 Å². The zero-order valence-corrected chi connectivity index (χ0v) is 13.4. The first-order valence-corrected chi connectivity index (χ1v) is 8.03. The Morgan fingerprint density at radius 2 is 2.15 bits per heavy atom. The van der Waals surface area contributed by atoms with Crippen molar-refractivity contribution in [3.05, 3.63) is 34.9 Å². The maximum atomic E-state index is 5.78. The number of aryl methyl sites for hydroxylation is 2. The molecule has 0 radical (unpaired) electrons. The molecule has 112 valence electrons. The third-order valence-corrected chi connectivity index (χ3v) is 4.55. The van der Waals surface area contributed by atoms with Crippen LogP contribution in [0.3, 0.4) is 0 Å². The molecule has 20 heavy (non-hydrogen) atoms. The van der Waals surface area contributed by atoms with Crippen LogP contribution in [-0.2, 0) is 11.2 Å². The lowest BCUT2D eigenvalue weighted by molar-refractivity contribution is 0.0953. The van der Waals surface area contributed by atoms with Crippen LogP contribution in [0.15, 0.2) is 18.2 Å². The molecule has 1 aliphatic heterocycles. The van der Waals surface area contributed by atoms with E-state index in [-0.39, 0.29) is 0 Å². The van der Waals surface area contributed by atoms with Crippen molar-refractivity contribution in [2.24, 2.45) is 5.92 Å². The van der Waals surface area contributed by atoms with Gasteiger partial charge in [0.2, 0.25) is 0 Å². The van der Waals surface area contributed by atoms with Crippen molar-refractivity contribution in [3.63, 3.8) is 0 Å². The van der Waals surface area contributed by atoms with Crippen molar-refractivity contribution in [1.29, 1.82) is 0 Å². The van der Waals surface area contributed by atoms with Crippen molar-refractivity contribution < 1.29 is 4.74 Å². The molecule has 0 spiro atoms. The minimum Gasteiger partial charge on any atom is -0.378 e. The van der Waals surface area contributed by atoms with E-state index in [4.69, 9.17) is 4.74 Å². The molecule has 2 nitrogen and oxygen atoms in total.